The Bertz CT molecular complexity index is 220. The highest BCUT2D eigenvalue weighted by atomic mass is 32.2. The van der Waals surface area contributed by atoms with E-state index in [0.29, 0.717) is 12.3 Å². The number of hydrogen-bond acceptors (Lipinski definition) is 6. The van der Waals surface area contributed by atoms with Crippen LogP contribution < -0.4 is 5.73 Å². The largest absolute Gasteiger partial charge is 0.425 e. The third-order valence-corrected chi connectivity index (χ3v) is 2.13. The van der Waals surface area contributed by atoms with Gasteiger partial charge in [-0.25, -0.2) is 4.79 Å². The highest BCUT2D eigenvalue weighted by Gasteiger charge is 2.16. The first kappa shape index (κ1) is 14.2. The number of rotatable bonds is 5. The van der Waals surface area contributed by atoms with E-state index < -0.39 is 11.6 Å². The molecule has 0 saturated heterocycles. The van der Waals surface area contributed by atoms with Crippen molar-refractivity contribution in [1.82, 2.24) is 0 Å². The summed E-state index contributed by atoms with van der Waals surface area (Å²) < 4.78 is 9.63. The molecule has 0 fully saturated rings. The van der Waals surface area contributed by atoms with Gasteiger partial charge in [0, 0.05) is 19.2 Å². The quantitative estimate of drug-likeness (QED) is 0.572. The summed E-state index contributed by atoms with van der Waals surface area (Å²) in [6, 6.07) is 0. The van der Waals surface area contributed by atoms with Gasteiger partial charge in [0.15, 0.2) is 0 Å². The molecule has 0 aliphatic rings. The Morgan fingerprint density at radius 2 is 1.87 bits per heavy atom. The molecule has 1 atom stereocenters. The molecule has 0 bridgehead atoms. The van der Waals surface area contributed by atoms with Crippen LogP contribution in [-0.2, 0) is 14.3 Å². The number of carbonyl (C=O) groups is 2. The van der Waals surface area contributed by atoms with Crippen LogP contribution in [0.1, 0.15) is 20.8 Å². The molecule has 0 aromatic rings. The monoisotopic (exact) mass is 235 g/mol. The lowest BCUT2D eigenvalue weighted by Gasteiger charge is -2.14. The molecule has 88 valence electrons. The average molecular weight is 235 g/mol. The fourth-order valence-corrected chi connectivity index (χ4v) is 1.12. The Hall–Kier alpha value is -0.750. The molecule has 2 N–H and O–H groups in total. The first-order valence-electron chi connectivity index (χ1n) is 4.71. The number of nitrogens with two attached hydrogens (primary N) is 1. The van der Waals surface area contributed by atoms with Crippen LogP contribution >= 0.6 is 11.8 Å². The molecule has 0 amide bonds. The maximum Gasteiger partial charge on any atom is 0.370 e. The SMILES string of the molecule is CC(C)C(=O)O[C@H](C)OC(=O)SCCN. The molecule has 0 aromatic carbocycles. The molecule has 0 aliphatic carbocycles. The number of esters is 1. The zero-order valence-corrected chi connectivity index (χ0v) is 10.0. The minimum Gasteiger partial charge on any atom is -0.425 e. The van der Waals surface area contributed by atoms with Crippen LogP contribution in [-0.4, -0.2) is 29.9 Å². The highest BCUT2D eigenvalue weighted by Crippen LogP contribution is 2.09. The maximum absolute atomic E-state index is 11.1. The van der Waals surface area contributed by atoms with Crippen LogP contribution in [0.15, 0.2) is 0 Å². The molecular weight excluding hydrogens is 218 g/mol. The van der Waals surface area contributed by atoms with Crippen LogP contribution in [0.4, 0.5) is 4.79 Å². The lowest BCUT2D eigenvalue weighted by Crippen LogP contribution is -2.23. The van der Waals surface area contributed by atoms with E-state index in [1.165, 1.54) is 6.92 Å². The average Bonchev–Trinajstić information content (AvgIpc) is 2.14. The lowest BCUT2D eigenvalue weighted by molar-refractivity contribution is -0.167. The molecule has 0 aliphatic heterocycles. The topological polar surface area (TPSA) is 78.6 Å². The molecule has 0 spiro atoms. The van der Waals surface area contributed by atoms with E-state index in [0.717, 1.165) is 11.8 Å². The fraction of sp³-hybridized carbons (Fsp3) is 0.778. The molecule has 0 radical (unpaired) electrons. The van der Waals surface area contributed by atoms with Gasteiger partial charge in [0.05, 0.1) is 5.92 Å². The summed E-state index contributed by atoms with van der Waals surface area (Å²) in [5.41, 5.74) is 5.21. The summed E-state index contributed by atoms with van der Waals surface area (Å²) in [6.07, 6.45) is -0.849. The van der Waals surface area contributed by atoms with Crippen LogP contribution in [0.25, 0.3) is 0 Å². The lowest BCUT2D eigenvalue weighted by atomic mass is 10.2. The summed E-state index contributed by atoms with van der Waals surface area (Å²) >= 11 is 0.963. The summed E-state index contributed by atoms with van der Waals surface area (Å²) in [7, 11) is 0. The normalized spacial score (nSPS) is 12.3. The summed E-state index contributed by atoms with van der Waals surface area (Å²) in [4.78, 5) is 22.2. The van der Waals surface area contributed by atoms with Crippen molar-refractivity contribution in [3.05, 3.63) is 0 Å². The van der Waals surface area contributed by atoms with E-state index >= 15 is 0 Å². The Balaban J connectivity index is 3.77. The van der Waals surface area contributed by atoms with Crippen molar-refractivity contribution in [3.63, 3.8) is 0 Å². The molecule has 15 heavy (non-hydrogen) atoms. The van der Waals surface area contributed by atoms with E-state index in [9.17, 15) is 9.59 Å². The van der Waals surface area contributed by atoms with Crippen molar-refractivity contribution in [1.29, 1.82) is 0 Å². The van der Waals surface area contributed by atoms with Crippen molar-refractivity contribution in [2.45, 2.75) is 27.1 Å². The van der Waals surface area contributed by atoms with Gasteiger partial charge in [0.1, 0.15) is 0 Å². The van der Waals surface area contributed by atoms with Gasteiger partial charge in [0.25, 0.3) is 0 Å². The Morgan fingerprint density at radius 3 is 2.33 bits per heavy atom. The third kappa shape index (κ3) is 7.21. The van der Waals surface area contributed by atoms with Crippen molar-refractivity contribution in [3.8, 4) is 0 Å². The summed E-state index contributed by atoms with van der Waals surface area (Å²) in [5, 5.41) is -0.482. The second-order valence-electron chi connectivity index (χ2n) is 3.16. The number of thioether (sulfide) groups is 1. The van der Waals surface area contributed by atoms with Gasteiger partial charge < -0.3 is 15.2 Å². The van der Waals surface area contributed by atoms with Crippen LogP contribution in [0.5, 0.6) is 0 Å². The van der Waals surface area contributed by atoms with E-state index in [4.69, 9.17) is 15.2 Å². The standard InChI is InChI=1S/C9H17NO4S/c1-6(2)8(11)13-7(3)14-9(12)15-5-4-10/h6-7H,4-5,10H2,1-3H3/t7-/m0/s1. The second kappa shape index (κ2) is 7.53. The van der Waals surface area contributed by atoms with Crippen molar-refractivity contribution in [2.24, 2.45) is 11.7 Å². The molecule has 0 rings (SSSR count). The fourth-order valence-electron chi connectivity index (χ4n) is 0.636. The zero-order valence-electron chi connectivity index (χ0n) is 9.19. The van der Waals surface area contributed by atoms with Crippen LogP contribution in [0, 0.1) is 5.92 Å². The van der Waals surface area contributed by atoms with Gasteiger partial charge in [0.2, 0.25) is 6.29 Å². The Labute approximate surface area is 93.7 Å². The first-order chi connectivity index (χ1) is 6.97. The van der Waals surface area contributed by atoms with Crippen molar-refractivity contribution in [2.75, 3.05) is 12.3 Å². The van der Waals surface area contributed by atoms with Crippen LogP contribution in [0.3, 0.4) is 0 Å². The van der Waals surface area contributed by atoms with Gasteiger partial charge >= 0.3 is 11.3 Å². The highest BCUT2D eigenvalue weighted by molar-refractivity contribution is 8.13. The first-order valence-corrected chi connectivity index (χ1v) is 5.70. The van der Waals surface area contributed by atoms with Gasteiger partial charge in [-0.3, -0.25) is 4.79 Å². The van der Waals surface area contributed by atoms with Gasteiger partial charge in [-0.05, 0) is 11.8 Å². The summed E-state index contributed by atoms with van der Waals surface area (Å²) in [5.74, 6) is -0.133. The third-order valence-electron chi connectivity index (χ3n) is 1.35. The van der Waals surface area contributed by atoms with Gasteiger partial charge in [-0.15, -0.1) is 0 Å². The Morgan fingerprint density at radius 1 is 1.27 bits per heavy atom. The van der Waals surface area contributed by atoms with E-state index in [1.54, 1.807) is 13.8 Å². The molecule has 5 nitrogen and oxygen atoms in total. The van der Waals surface area contributed by atoms with E-state index in [1.807, 2.05) is 0 Å². The minimum atomic E-state index is -0.849. The van der Waals surface area contributed by atoms with Gasteiger partial charge in [-0.2, -0.15) is 0 Å². The smallest absolute Gasteiger partial charge is 0.370 e. The molecule has 0 aromatic heterocycles. The second-order valence-corrected chi connectivity index (χ2v) is 4.19. The predicted molar refractivity (Wildman–Crippen MR) is 58.4 cm³/mol. The van der Waals surface area contributed by atoms with Crippen molar-refractivity contribution < 1.29 is 19.1 Å². The summed E-state index contributed by atoms with van der Waals surface area (Å²) in [6.45, 7) is 5.32. The predicted octanol–water partition coefficient (Wildman–Crippen LogP) is 1.36. The molecular formula is C9H17NO4S. The van der Waals surface area contributed by atoms with Crippen LogP contribution in [0.2, 0.25) is 0 Å². The molecule has 0 heterocycles. The van der Waals surface area contributed by atoms with E-state index in [-0.39, 0.29) is 11.9 Å². The van der Waals surface area contributed by atoms with E-state index in [2.05, 4.69) is 0 Å². The zero-order chi connectivity index (χ0) is 11.8. The minimum absolute atomic E-state index is 0.233. The number of hydrogen-bond donors (Lipinski definition) is 1. The maximum atomic E-state index is 11.1. The van der Waals surface area contributed by atoms with Gasteiger partial charge in [-0.1, -0.05) is 13.8 Å². The number of ether oxygens (including phenoxy) is 2. The number of carbonyl (C=O) groups excluding carboxylic acids is 2. The molecule has 0 unspecified atom stereocenters. The Kier molecular flexibility index (Phi) is 7.15. The molecule has 6 heteroatoms. The molecule has 0 saturated carbocycles. The van der Waals surface area contributed by atoms with Crippen molar-refractivity contribution >= 4 is 23.0 Å².